The second-order valence-electron chi connectivity index (χ2n) is 2.56. The molecule has 0 bridgehead atoms. The molecule has 5 nitrogen and oxygen atoms in total. The fourth-order valence-electron chi connectivity index (χ4n) is 0.977. The van der Waals surface area contributed by atoms with Crippen LogP contribution in [-0.2, 0) is 0 Å². The van der Waals surface area contributed by atoms with Crippen LogP contribution in [0.4, 0.5) is 17.1 Å². The van der Waals surface area contributed by atoms with Gasteiger partial charge in [0.15, 0.2) is 5.69 Å². The van der Waals surface area contributed by atoms with Crippen molar-refractivity contribution in [3.63, 3.8) is 0 Å². The summed E-state index contributed by atoms with van der Waals surface area (Å²) in [5, 5.41) is 10.5. The first kappa shape index (κ1) is 9.00. The molecule has 1 aromatic rings. The molecule has 0 aliphatic rings. The lowest BCUT2D eigenvalue weighted by Gasteiger charge is -2.01. The Hall–Kier alpha value is -2.09. The van der Waals surface area contributed by atoms with Crippen molar-refractivity contribution in [2.24, 2.45) is 0 Å². The van der Waals surface area contributed by atoms with E-state index in [9.17, 15) is 10.1 Å². The highest BCUT2D eigenvalue weighted by Crippen LogP contribution is 2.30. The standard InChI is InChI=1S/C8H7N3O2/c1-5-3-6(10-2)4-7(8(5)9)11(12)13/h3-4H,9H2,1H3. The van der Waals surface area contributed by atoms with E-state index in [-0.39, 0.29) is 17.1 Å². The van der Waals surface area contributed by atoms with Crippen molar-refractivity contribution in [3.8, 4) is 0 Å². The number of anilines is 1. The third kappa shape index (κ3) is 1.56. The van der Waals surface area contributed by atoms with Gasteiger partial charge in [-0.25, -0.2) is 4.85 Å². The molecule has 0 heterocycles. The predicted octanol–water partition coefficient (Wildman–Crippen LogP) is 2.04. The number of aryl methyl sites for hydroxylation is 1. The van der Waals surface area contributed by atoms with Gasteiger partial charge in [-0.15, -0.1) is 0 Å². The normalized spacial score (nSPS) is 9.23. The summed E-state index contributed by atoms with van der Waals surface area (Å²) in [5.41, 5.74) is 6.17. The van der Waals surface area contributed by atoms with E-state index in [1.54, 1.807) is 6.92 Å². The highest BCUT2D eigenvalue weighted by Gasteiger charge is 2.14. The Morgan fingerprint density at radius 3 is 2.69 bits per heavy atom. The van der Waals surface area contributed by atoms with E-state index in [2.05, 4.69) is 4.85 Å². The van der Waals surface area contributed by atoms with Gasteiger partial charge in [-0.2, -0.15) is 0 Å². The topological polar surface area (TPSA) is 73.5 Å². The first-order chi connectivity index (χ1) is 6.06. The molecule has 0 aliphatic carbocycles. The zero-order valence-electron chi connectivity index (χ0n) is 6.94. The van der Waals surface area contributed by atoms with Crippen molar-refractivity contribution in [2.45, 2.75) is 6.92 Å². The number of rotatable bonds is 1. The Kier molecular flexibility index (Phi) is 2.15. The van der Waals surface area contributed by atoms with Crippen LogP contribution in [-0.4, -0.2) is 4.92 Å². The molecule has 0 unspecified atom stereocenters. The molecule has 0 atom stereocenters. The Balaban J connectivity index is 3.44. The number of nitro groups is 1. The van der Waals surface area contributed by atoms with E-state index in [1.165, 1.54) is 12.1 Å². The maximum absolute atomic E-state index is 10.5. The summed E-state index contributed by atoms with van der Waals surface area (Å²) in [7, 11) is 0. The third-order valence-corrected chi connectivity index (χ3v) is 1.68. The SMILES string of the molecule is [C-]#[N+]c1cc(C)c(N)c([N+](=O)[O-])c1. The minimum Gasteiger partial charge on any atom is -0.393 e. The smallest absolute Gasteiger partial charge is 0.282 e. The molecule has 0 radical (unpaired) electrons. The summed E-state index contributed by atoms with van der Waals surface area (Å²) in [4.78, 5) is 13.0. The first-order valence-electron chi connectivity index (χ1n) is 3.48. The Morgan fingerprint density at radius 1 is 1.62 bits per heavy atom. The number of nitrogens with zero attached hydrogens (tertiary/aromatic N) is 2. The van der Waals surface area contributed by atoms with E-state index in [1.807, 2.05) is 0 Å². The lowest BCUT2D eigenvalue weighted by molar-refractivity contribution is -0.383. The monoisotopic (exact) mass is 177 g/mol. The van der Waals surface area contributed by atoms with E-state index in [0.717, 1.165) is 0 Å². The van der Waals surface area contributed by atoms with Crippen molar-refractivity contribution in [2.75, 3.05) is 5.73 Å². The average molecular weight is 177 g/mol. The maximum atomic E-state index is 10.5. The van der Waals surface area contributed by atoms with Gasteiger partial charge in [0.1, 0.15) is 5.69 Å². The highest BCUT2D eigenvalue weighted by atomic mass is 16.6. The van der Waals surface area contributed by atoms with Crippen LogP contribution in [0.2, 0.25) is 0 Å². The molecule has 0 amide bonds. The molecule has 66 valence electrons. The maximum Gasteiger partial charge on any atom is 0.282 e. The molecule has 0 aliphatic heterocycles. The van der Waals surface area contributed by atoms with Gasteiger partial charge < -0.3 is 5.73 Å². The number of benzene rings is 1. The molecule has 5 heteroatoms. The second-order valence-corrected chi connectivity index (χ2v) is 2.56. The fourth-order valence-corrected chi connectivity index (χ4v) is 0.977. The molecule has 1 rings (SSSR count). The number of nitrogens with two attached hydrogens (primary N) is 1. The predicted molar refractivity (Wildman–Crippen MR) is 48.5 cm³/mol. The quantitative estimate of drug-likeness (QED) is 0.308. The molecule has 0 aromatic heterocycles. The number of nitro benzene ring substituents is 1. The molecule has 13 heavy (non-hydrogen) atoms. The Labute approximate surface area is 74.8 Å². The van der Waals surface area contributed by atoms with Gasteiger partial charge in [0, 0.05) is 6.07 Å². The molecule has 2 N–H and O–H groups in total. The van der Waals surface area contributed by atoms with Crippen molar-refractivity contribution < 1.29 is 4.92 Å². The van der Waals surface area contributed by atoms with E-state index in [4.69, 9.17) is 12.3 Å². The van der Waals surface area contributed by atoms with Gasteiger partial charge in [0.2, 0.25) is 0 Å². The van der Waals surface area contributed by atoms with E-state index in [0.29, 0.717) is 5.56 Å². The fraction of sp³-hybridized carbons (Fsp3) is 0.125. The summed E-state index contributed by atoms with van der Waals surface area (Å²) < 4.78 is 0. The minimum atomic E-state index is -0.586. The molecule has 0 saturated heterocycles. The summed E-state index contributed by atoms with van der Waals surface area (Å²) in [6.07, 6.45) is 0. The highest BCUT2D eigenvalue weighted by molar-refractivity contribution is 5.70. The van der Waals surface area contributed by atoms with Gasteiger partial charge in [0.25, 0.3) is 5.69 Å². The van der Waals surface area contributed by atoms with Crippen LogP contribution in [0.25, 0.3) is 4.85 Å². The molecule has 0 saturated carbocycles. The van der Waals surface area contributed by atoms with Crippen molar-refractivity contribution in [3.05, 3.63) is 39.2 Å². The van der Waals surface area contributed by atoms with Crippen LogP contribution >= 0.6 is 0 Å². The number of hydrogen-bond acceptors (Lipinski definition) is 3. The molecule has 0 fully saturated rings. The second kappa shape index (κ2) is 3.11. The number of nitrogen functional groups attached to an aromatic ring is 1. The summed E-state index contributed by atoms with van der Waals surface area (Å²) in [5.74, 6) is 0. The van der Waals surface area contributed by atoms with Crippen molar-refractivity contribution in [1.29, 1.82) is 0 Å². The Bertz CT molecular complexity index is 407. The van der Waals surface area contributed by atoms with Crippen molar-refractivity contribution >= 4 is 17.1 Å². The largest absolute Gasteiger partial charge is 0.393 e. The van der Waals surface area contributed by atoms with Gasteiger partial charge in [-0.1, -0.05) is 6.07 Å². The van der Waals surface area contributed by atoms with Crippen molar-refractivity contribution in [1.82, 2.24) is 0 Å². The first-order valence-corrected chi connectivity index (χ1v) is 3.48. The van der Waals surface area contributed by atoms with Crippen LogP contribution in [0.3, 0.4) is 0 Å². The Morgan fingerprint density at radius 2 is 2.23 bits per heavy atom. The molecule has 1 aromatic carbocycles. The molecular weight excluding hydrogens is 170 g/mol. The van der Waals surface area contributed by atoms with Gasteiger partial charge in [0.05, 0.1) is 11.5 Å². The zero-order valence-corrected chi connectivity index (χ0v) is 6.94. The number of hydrogen-bond donors (Lipinski definition) is 1. The minimum absolute atomic E-state index is 0.123. The van der Waals surface area contributed by atoms with Gasteiger partial charge in [-0.05, 0) is 12.5 Å². The summed E-state index contributed by atoms with van der Waals surface area (Å²) in [6, 6.07) is 2.70. The van der Waals surface area contributed by atoms with Crippen LogP contribution in [0.5, 0.6) is 0 Å². The van der Waals surface area contributed by atoms with Crippen LogP contribution in [0.1, 0.15) is 5.56 Å². The summed E-state index contributed by atoms with van der Waals surface area (Å²) in [6.45, 7) is 8.35. The van der Waals surface area contributed by atoms with Crippen LogP contribution < -0.4 is 5.73 Å². The van der Waals surface area contributed by atoms with Crippen LogP contribution in [0.15, 0.2) is 12.1 Å². The summed E-state index contributed by atoms with van der Waals surface area (Å²) >= 11 is 0. The third-order valence-electron chi connectivity index (χ3n) is 1.68. The van der Waals surface area contributed by atoms with Gasteiger partial charge in [-0.3, -0.25) is 10.1 Å². The molecular formula is C8H7N3O2. The van der Waals surface area contributed by atoms with E-state index < -0.39 is 4.92 Å². The lowest BCUT2D eigenvalue weighted by Crippen LogP contribution is -1.97. The molecule has 0 spiro atoms. The van der Waals surface area contributed by atoms with E-state index >= 15 is 0 Å². The average Bonchev–Trinajstić information content (AvgIpc) is 2.09. The van der Waals surface area contributed by atoms with Crippen LogP contribution in [0, 0.1) is 23.6 Å². The van der Waals surface area contributed by atoms with Gasteiger partial charge >= 0.3 is 0 Å². The lowest BCUT2D eigenvalue weighted by atomic mass is 10.1. The zero-order chi connectivity index (χ0) is 10.0.